The van der Waals surface area contributed by atoms with Gasteiger partial charge in [-0.15, -0.1) is 0 Å². The summed E-state index contributed by atoms with van der Waals surface area (Å²) >= 11 is 0. The predicted molar refractivity (Wildman–Crippen MR) is 72.6 cm³/mol. The molecule has 0 radical (unpaired) electrons. The summed E-state index contributed by atoms with van der Waals surface area (Å²) in [5.41, 5.74) is 4.51. The summed E-state index contributed by atoms with van der Waals surface area (Å²) in [6.07, 6.45) is 2.87. The summed E-state index contributed by atoms with van der Waals surface area (Å²) in [5, 5.41) is 10.8. The van der Waals surface area contributed by atoms with Gasteiger partial charge in [0.25, 0.3) is 5.69 Å². The van der Waals surface area contributed by atoms with Gasteiger partial charge in [0.2, 0.25) is 0 Å². The average molecular weight is 276 g/mol. The quantitative estimate of drug-likeness (QED) is 0.369. The lowest BCUT2D eigenvalue weighted by atomic mass is 10.1. The Balaban J connectivity index is 2.49. The highest BCUT2D eigenvalue weighted by atomic mass is 16.6. The molecule has 0 aliphatic rings. The van der Waals surface area contributed by atoms with Gasteiger partial charge in [-0.2, -0.15) is 0 Å². The number of rotatable bonds is 3. The number of nitrogens with zero attached hydrogens (tertiary/aromatic N) is 3. The summed E-state index contributed by atoms with van der Waals surface area (Å²) in [6.45, 7) is 0.00241. The van der Waals surface area contributed by atoms with Crippen LogP contribution in [0.5, 0.6) is 0 Å². The highest BCUT2D eigenvalue weighted by Gasteiger charge is 2.15. The van der Waals surface area contributed by atoms with Crippen LogP contribution in [0.4, 0.5) is 11.4 Å². The Morgan fingerprint density at radius 3 is 2.60 bits per heavy atom. The van der Waals surface area contributed by atoms with Crippen LogP contribution in [0, 0.1) is 10.1 Å². The van der Waals surface area contributed by atoms with Gasteiger partial charge in [0.1, 0.15) is 5.69 Å². The molecule has 0 spiro atoms. The Morgan fingerprint density at radius 2 is 1.95 bits per heavy atom. The van der Waals surface area contributed by atoms with E-state index in [4.69, 9.17) is 5.73 Å². The Kier molecular flexibility index (Phi) is 3.38. The first kappa shape index (κ1) is 13.5. The number of hydrogen-bond donors (Lipinski definition) is 1. The molecule has 0 aliphatic carbocycles. The number of anilines is 1. The molecule has 0 saturated carbocycles. The van der Waals surface area contributed by atoms with E-state index in [2.05, 4.69) is 0 Å². The number of nitro groups is 1. The van der Waals surface area contributed by atoms with Crippen LogP contribution in [0.1, 0.15) is 5.56 Å². The van der Waals surface area contributed by atoms with Crippen molar-refractivity contribution >= 4 is 11.4 Å². The Labute approximate surface area is 112 Å². The largest absolute Gasteiger partial charge is 0.393 e. The molecule has 8 nitrogen and oxygen atoms in total. The van der Waals surface area contributed by atoms with E-state index in [0.717, 1.165) is 9.13 Å². The van der Waals surface area contributed by atoms with Crippen LogP contribution < -0.4 is 16.9 Å². The second-order valence-electron chi connectivity index (χ2n) is 4.25. The molecular formula is C12H12N4O4. The predicted octanol–water partition coefficient (Wildman–Crippen LogP) is 0.0857. The average Bonchev–Trinajstić information content (AvgIpc) is 2.41. The minimum absolute atomic E-state index is 0.00241. The topological polar surface area (TPSA) is 113 Å². The monoisotopic (exact) mass is 276 g/mol. The second-order valence-corrected chi connectivity index (χ2v) is 4.25. The van der Waals surface area contributed by atoms with Crippen molar-refractivity contribution in [1.29, 1.82) is 0 Å². The van der Waals surface area contributed by atoms with Crippen molar-refractivity contribution in [2.75, 3.05) is 5.73 Å². The van der Waals surface area contributed by atoms with Gasteiger partial charge >= 0.3 is 11.1 Å². The summed E-state index contributed by atoms with van der Waals surface area (Å²) in [5.74, 6) is 0. The van der Waals surface area contributed by atoms with Gasteiger partial charge < -0.3 is 14.9 Å². The maximum atomic E-state index is 11.8. The van der Waals surface area contributed by atoms with E-state index in [1.54, 1.807) is 6.07 Å². The Bertz CT molecular complexity index is 791. The van der Waals surface area contributed by atoms with Gasteiger partial charge in [-0.05, 0) is 0 Å². The maximum Gasteiger partial charge on any atom is 0.316 e. The number of hydrogen-bond acceptors (Lipinski definition) is 5. The van der Waals surface area contributed by atoms with Crippen LogP contribution in [-0.2, 0) is 13.6 Å². The van der Waals surface area contributed by atoms with Crippen molar-refractivity contribution in [2.45, 2.75) is 6.54 Å². The molecule has 0 bridgehead atoms. The second kappa shape index (κ2) is 5.00. The van der Waals surface area contributed by atoms with Gasteiger partial charge in [0.05, 0.1) is 11.5 Å². The molecule has 1 aromatic heterocycles. The zero-order chi connectivity index (χ0) is 14.9. The molecule has 1 heterocycles. The molecule has 0 atom stereocenters. The van der Waals surface area contributed by atoms with E-state index in [0.29, 0.717) is 5.56 Å². The van der Waals surface area contributed by atoms with E-state index in [1.807, 2.05) is 0 Å². The van der Waals surface area contributed by atoms with Crippen LogP contribution in [0.2, 0.25) is 0 Å². The van der Waals surface area contributed by atoms with E-state index in [9.17, 15) is 19.7 Å². The molecule has 0 fully saturated rings. The van der Waals surface area contributed by atoms with Gasteiger partial charge in [-0.3, -0.25) is 19.7 Å². The minimum atomic E-state index is -0.707. The zero-order valence-electron chi connectivity index (χ0n) is 10.6. The van der Waals surface area contributed by atoms with Crippen molar-refractivity contribution < 1.29 is 4.92 Å². The summed E-state index contributed by atoms with van der Waals surface area (Å²) in [4.78, 5) is 33.5. The van der Waals surface area contributed by atoms with Crippen LogP contribution in [0.25, 0.3) is 0 Å². The summed E-state index contributed by atoms with van der Waals surface area (Å²) < 4.78 is 2.33. The third kappa shape index (κ3) is 2.30. The molecule has 0 unspecified atom stereocenters. The molecule has 1 aromatic carbocycles. The molecule has 104 valence electrons. The maximum absolute atomic E-state index is 11.8. The number of nitrogens with two attached hydrogens (primary N) is 1. The number of benzene rings is 1. The summed E-state index contributed by atoms with van der Waals surface area (Å²) in [6, 6.07) is 4.34. The van der Waals surface area contributed by atoms with E-state index < -0.39 is 16.0 Å². The fourth-order valence-electron chi connectivity index (χ4n) is 1.79. The van der Waals surface area contributed by atoms with Crippen molar-refractivity contribution in [3.63, 3.8) is 0 Å². The lowest BCUT2D eigenvalue weighted by Gasteiger charge is -2.08. The first-order valence-electron chi connectivity index (χ1n) is 5.69. The van der Waals surface area contributed by atoms with Crippen LogP contribution in [0.15, 0.2) is 40.2 Å². The lowest BCUT2D eigenvalue weighted by molar-refractivity contribution is -0.383. The highest BCUT2D eigenvalue weighted by molar-refractivity contribution is 5.63. The minimum Gasteiger partial charge on any atom is -0.393 e. The van der Waals surface area contributed by atoms with E-state index in [1.165, 1.54) is 31.6 Å². The SMILES string of the molecule is Cn1ccn(Cc2cccc([N+](=O)[O-])c2N)c(=O)c1=O. The van der Waals surface area contributed by atoms with Crippen LogP contribution in [0.3, 0.4) is 0 Å². The number of aromatic nitrogens is 2. The fourth-order valence-corrected chi connectivity index (χ4v) is 1.79. The van der Waals surface area contributed by atoms with Gasteiger partial charge in [0, 0.05) is 31.1 Å². The Hall–Kier alpha value is -2.90. The number of nitrogen functional groups attached to an aromatic ring is 1. The zero-order valence-corrected chi connectivity index (χ0v) is 10.6. The van der Waals surface area contributed by atoms with Gasteiger partial charge in [-0.1, -0.05) is 12.1 Å². The molecule has 20 heavy (non-hydrogen) atoms. The van der Waals surface area contributed by atoms with Crippen molar-refractivity contribution in [3.8, 4) is 0 Å². The van der Waals surface area contributed by atoms with Gasteiger partial charge in [-0.25, -0.2) is 0 Å². The number of para-hydroxylation sites is 1. The van der Waals surface area contributed by atoms with Crippen LogP contribution >= 0.6 is 0 Å². The number of nitro benzene ring substituents is 1. The molecule has 8 heteroatoms. The molecule has 0 saturated heterocycles. The highest BCUT2D eigenvalue weighted by Crippen LogP contribution is 2.24. The standard InChI is InChI=1S/C12H12N4O4/c1-14-5-6-15(12(18)11(14)17)7-8-3-2-4-9(10(8)13)16(19)20/h2-6H,7,13H2,1H3. The first-order valence-corrected chi connectivity index (χ1v) is 5.69. The van der Waals surface area contributed by atoms with Crippen molar-refractivity contribution in [3.05, 3.63) is 67.0 Å². The molecule has 2 aromatic rings. The summed E-state index contributed by atoms with van der Waals surface area (Å²) in [7, 11) is 1.47. The lowest BCUT2D eigenvalue weighted by Crippen LogP contribution is -2.39. The Morgan fingerprint density at radius 1 is 1.25 bits per heavy atom. The molecule has 2 rings (SSSR count). The fraction of sp³-hybridized carbons (Fsp3) is 0.167. The molecule has 2 N–H and O–H groups in total. The third-order valence-corrected chi connectivity index (χ3v) is 2.95. The molecule has 0 aliphatic heterocycles. The molecule has 0 amide bonds. The van der Waals surface area contributed by atoms with E-state index in [-0.39, 0.29) is 17.9 Å². The van der Waals surface area contributed by atoms with E-state index >= 15 is 0 Å². The first-order chi connectivity index (χ1) is 9.41. The smallest absolute Gasteiger partial charge is 0.316 e. The van der Waals surface area contributed by atoms with Gasteiger partial charge in [0.15, 0.2) is 0 Å². The molecular weight excluding hydrogens is 264 g/mol. The van der Waals surface area contributed by atoms with Crippen molar-refractivity contribution in [1.82, 2.24) is 9.13 Å². The van der Waals surface area contributed by atoms with Crippen molar-refractivity contribution in [2.24, 2.45) is 7.05 Å². The van der Waals surface area contributed by atoms with Crippen LogP contribution in [-0.4, -0.2) is 14.1 Å². The third-order valence-electron chi connectivity index (χ3n) is 2.95. The number of aryl methyl sites for hydroxylation is 1. The normalized spacial score (nSPS) is 10.4.